The predicted octanol–water partition coefficient (Wildman–Crippen LogP) is 7.95. The van der Waals surface area contributed by atoms with Gasteiger partial charge in [0.1, 0.15) is 23.0 Å². The minimum Gasteiger partial charge on any atom is -0.503 e. The lowest BCUT2D eigenvalue weighted by Crippen LogP contribution is -2.33. The number of imide groups is 2. The van der Waals surface area contributed by atoms with Gasteiger partial charge in [0.05, 0.1) is 22.3 Å². The van der Waals surface area contributed by atoms with Crippen molar-refractivity contribution in [1.82, 2.24) is 10.1 Å². The van der Waals surface area contributed by atoms with Crippen molar-refractivity contribution in [2.75, 3.05) is 0 Å². The summed E-state index contributed by atoms with van der Waals surface area (Å²) in [4.78, 5) is 47.2. The Labute approximate surface area is 380 Å². The van der Waals surface area contributed by atoms with Gasteiger partial charge in [0.15, 0.2) is 44.6 Å². The Kier molecular flexibility index (Phi) is 11.5. The summed E-state index contributed by atoms with van der Waals surface area (Å²) in [5.74, 6) is -30.1. The van der Waals surface area contributed by atoms with Gasteiger partial charge in [0, 0.05) is 5.41 Å². The predicted molar refractivity (Wildman–Crippen MR) is 211 cm³/mol. The molecule has 8 rings (SSSR count). The molecular formula is C43H22F8N2O14S2. The second kappa shape index (κ2) is 16.7. The van der Waals surface area contributed by atoms with Gasteiger partial charge in [0.25, 0.3) is 23.6 Å². The average Bonchev–Trinajstić information content (AvgIpc) is 3.67. The molecule has 2 heterocycles. The first kappa shape index (κ1) is 47.5. The van der Waals surface area contributed by atoms with Crippen LogP contribution in [0.2, 0.25) is 0 Å². The largest absolute Gasteiger partial charge is 0.503 e. The molecule has 6 aromatic rings. The minimum atomic E-state index is -5.95. The molecule has 26 heteroatoms. The number of carbonyl (C=O) groups is 4. The van der Waals surface area contributed by atoms with E-state index in [0.717, 1.165) is 35.4 Å². The van der Waals surface area contributed by atoms with Gasteiger partial charge in [-0.3, -0.25) is 19.2 Å². The van der Waals surface area contributed by atoms with Gasteiger partial charge in [-0.1, -0.05) is 38.1 Å². The number of hydroxylamine groups is 4. The van der Waals surface area contributed by atoms with Crippen molar-refractivity contribution in [2.45, 2.75) is 29.1 Å². The molecule has 0 spiro atoms. The second-order valence-corrected chi connectivity index (χ2v) is 18.0. The second-order valence-electron chi connectivity index (χ2n) is 15.0. The van der Waals surface area contributed by atoms with Crippen LogP contribution < -0.4 is 9.47 Å². The lowest BCUT2D eigenvalue weighted by atomic mass is 9.78. The van der Waals surface area contributed by atoms with Gasteiger partial charge in [-0.25, -0.2) is 17.6 Å². The van der Waals surface area contributed by atoms with Crippen molar-refractivity contribution in [3.05, 3.63) is 165 Å². The first-order valence-corrected chi connectivity index (χ1v) is 21.7. The van der Waals surface area contributed by atoms with Gasteiger partial charge in [-0.05, 0) is 71.8 Å². The van der Waals surface area contributed by atoms with Gasteiger partial charge in [0.2, 0.25) is 23.3 Å². The molecule has 356 valence electrons. The Morgan fingerprint density at radius 1 is 0.420 bits per heavy atom. The molecule has 0 fully saturated rings. The Morgan fingerprint density at radius 3 is 1.00 bits per heavy atom. The molecule has 0 bridgehead atoms. The van der Waals surface area contributed by atoms with E-state index in [1.165, 1.54) is 12.1 Å². The highest BCUT2D eigenvalue weighted by Gasteiger charge is 2.45. The number of benzene rings is 6. The molecule has 0 saturated heterocycles. The third-order valence-electron chi connectivity index (χ3n) is 10.5. The topological polar surface area (TPSA) is 220 Å². The molecule has 0 atom stereocenters. The van der Waals surface area contributed by atoms with Crippen molar-refractivity contribution < 1.29 is 99.4 Å². The van der Waals surface area contributed by atoms with Crippen molar-refractivity contribution in [2.24, 2.45) is 0 Å². The number of fused-ring (bicyclic) bond motifs is 2. The zero-order valence-corrected chi connectivity index (χ0v) is 35.7. The third kappa shape index (κ3) is 7.90. The van der Waals surface area contributed by atoms with Crippen LogP contribution in [0.25, 0.3) is 0 Å². The van der Waals surface area contributed by atoms with Crippen LogP contribution in [-0.4, -0.2) is 60.8 Å². The maximum atomic E-state index is 14.3. The Morgan fingerprint density at radius 2 is 0.696 bits per heavy atom. The molecule has 2 aliphatic heterocycles. The highest BCUT2D eigenvalue weighted by atomic mass is 32.2. The molecule has 0 unspecified atom stereocenters. The summed E-state index contributed by atoms with van der Waals surface area (Å²) in [6.45, 7) is 3.73. The van der Waals surface area contributed by atoms with Crippen LogP contribution in [0, 0.1) is 46.5 Å². The minimum absolute atomic E-state index is 0.0606. The van der Waals surface area contributed by atoms with Gasteiger partial charge in [-0.2, -0.15) is 34.4 Å². The van der Waals surface area contributed by atoms with E-state index < -0.39 is 149 Å². The molecule has 16 nitrogen and oxygen atoms in total. The zero-order chi connectivity index (χ0) is 50.4. The van der Waals surface area contributed by atoms with Crippen LogP contribution in [0.3, 0.4) is 0 Å². The maximum absolute atomic E-state index is 14.3. The fourth-order valence-corrected chi connectivity index (χ4v) is 8.93. The first-order chi connectivity index (χ1) is 32.3. The average molecular weight is 1010 g/mol. The van der Waals surface area contributed by atoms with Crippen LogP contribution in [0.5, 0.6) is 34.5 Å². The van der Waals surface area contributed by atoms with Crippen LogP contribution in [0.15, 0.2) is 94.7 Å². The van der Waals surface area contributed by atoms with Crippen molar-refractivity contribution >= 4 is 43.9 Å². The van der Waals surface area contributed by atoms with Crippen molar-refractivity contribution in [1.29, 1.82) is 0 Å². The highest BCUT2D eigenvalue weighted by Crippen LogP contribution is 2.39. The number of rotatable bonds is 12. The van der Waals surface area contributed by atoms with E-state index in [2.05, 4.69) is 8.57 Å². The molecule has 4 amide bonds. The number of hydrogen-bond acceptors (Lipinski definition) is 14. The molecule has 6 aromatic carbocycles. The van der Waals surface area contributed by atoms with Crippen molar-refractivity contribution in [3.63, 3.8) is 0 Å². The number of halogens is 8. The van der Waals surface area contributed by atoms with Gasteiger partial charge < -0.3 is 19.7 Å². The van der Waals surface area contributed by atoms with Crippen molar-refractivity contribution in [3.8, 4) is 34.5 Å². The van der Waals surface area contributed by atoms with E-state index in [1.807, 2.05) is 13.8 Å². The number of aromatic hydroxyl groups is 2. The normalized spacial score (nSPS) is 13.9. The molecule has 2 N–H and O–H groups in total. The molecule has 0 saturated carbocycles. The maximum Gasteiger partial charge on any atom is 0.324 e. The van der Waals surface area contributed by atoms with E-state index >= 15 is 0 Å². The van der Waals surface area contributed by atoms with Crippen LogP contribution in [0.1, 0.15) is 66.4 Å². The first-order valence-electron chi connectivity index (χ1n) is 18.9. The number of nitrogens with zero attached hydrogens (tertiary/aromatic N) is 2. The molecule has 69 heavy (non-hydrogen) atoms. The molecular weight excluding hydrogens is 985 g/mol. The summed E-state index contributed by atoms with van der Waals surface area (Å²) >= 11 is 0. The molecule has 2 aliphatic rings. The van der Waals surface area contributed by atoms with Crippen LogP contribution >= 0.6 is 0 Å². The lowest BCUT2D eigenvalue weighted by Gasteiger charge is -2.26. The number of hydrogen-bond donors (Lipinski definition) is 2. The fraction of sp³-hybridized carbons (Fsp3) is 0.0698. The summed E-state index contributed by atoms with van der Waals surface area (Å²) < 4.78 is 184. The molecule has 0 radical (unpaired) electrons. The zero-order valence-electron chi connectivity index (χ0n) is 34.1. The van der Waals surface area contributed by atoms with Crippen LogP contribution in [0.4, 0.5) is 35.1 Å². The van der Waals surface area contributed by atoms with E-state index in [1.54, 1.807) is 48.5 Å². The standard InChI is InChI=1S/C43H22F8N2O14S2/c1-43(2,17-3-7-19(8-4-17)64-21-11-13-23-25(15-21)41(58)52(39(23)56)66-68(60,61)37-31(48)27(44)35(54)28(45)32(37)49)18-5-9-20(10-6-18)65-22-12-14-24-26(16-22)42(59)53(40(24)57)67-69(62,63)38-33(50)29(46)36(55)30(47)34(38)51/h3-16,54-55H,1-2H3. The van der Waals surface area contributed by atoms with Gasteiger partial charge in [-0.15, -0.1) is 18.7 Å². The quantitative estimate of drug-likeness (QED) is 0.0675. The van der Waals surface area contributed by atoms with Crippen LogP contribution in [-0.2, 0) is 34.2 Å². The van der Waals surface area contributed by atoms with E-state index in [4.69, 9.17) is 19.7 Å². The highest BCUT2D eigenvalue weighted by molar-refractivity contribution is 7.87. The van der Waals surface area contributed by atoms with E-state index in [9.17, 15) is 71.1 Å². The number of amides is 4. The Hall–Kier alpha value is -7.94. The molecule has 0 aliphatic carbocycles. The monoisotopic (exact) mass is 1010 g/mol. The summed E-state index contributed by atoms with van der Waals surface area (Å²) in [7, 11) is -11.9. The van der Waals surface area contributed by atoms with E-state index in [-0.39, 0.29) is 23.0 Å². The van der Waals surface area contributed by atoms with Gasteiger partial charge >= 0.3 is 20.2 Å². The number of ether oxygens (including phenoxy) is 2. The lowest BCUT2D eigenvalue weighted by molar-refractivity contribution is -0.0111. The number of phenolic OH excluding ortho intramolecular Hbond substituents is 2. The fourth-order valence-electron chi connectivity index (χ4n) is 6.89. The molecule has 0 aromatic heterocycles. The number of phenols is 2. The SMILES string of the molecule is CC(C)(c1ccc(Oc2ccc3c(c2)C(=O)N(OS(=O)(=O)c2c(F)c(F)c(O)c(F)c2F)C3=O)cc1)c1ccc(Oc2ccc3c(c2)C(=O)N(OS(=O)(=O)c2c(F)c(F)c(O)c(F)c2F)C3=O)cc1. The number of carbonyl (C=O) groups excluding carboxylic acids is 4. The smallest absolute Gasteiger partial charge is 0.324 e. The Balaban J connectivity index is 0.920. The Bertz CT molecular complexity index is 3220. The third-order valence-corrected chi connectivity index (χ3v) is 12.9. The van der Waals surface area contributed by atoms with E-state index in [0.29, 0.717) is 0 Å². The summed E-state index contributed by atoms with van der Waals surface area (Å²) in [6.07, 6.45) is 0. The summed E-state index contributed by atoms with van der Waals surface area (Å²) in [6, 6.07) is 19.5. The summed E-state index contributed by atoms with van der Waals surface area (Å²) in [5, 5.41) is 17.5. The summed E-state index contributed by atoms with van der Waals surface area (Å²) in [5.41, 5.74) is -1.12.